The van der Waals surface area contributed by atoms with Crippen molar-refractivity contribution in [3.63, 3.8) is 0 Å². The highest BCUT2D eigenvalue weighted by Gasteiger charge is 2.30. The number of aryl methyl sites for hydroxylation is 2. The predicted molar refractivity (Wildman–Crippen MR) is 64.9 cm³/mol. The molecule has 0 bridgehead atoms. The zero-order valence-corrected chi connectivity index (χ0v) is 10.3. The van der Waals surface area contributed by atoms with Crippen LogP contribution in [0.15, 0.2) is 12.1 Å². The first kappa shape index (κ1) is 11.5. The van der Waals surface area contributed by atoms with Crippen LogP contribution in [-0.2, 0) is 0 Å². The second kappa shape index (κ2) is 4.46. The minimum Gasteiger partial charge on any atom is -0.491 e. The van der Waals surface area contributed by atoms with E-state index in [9.17, 15) is 5.11 Å². The van der Waals surface area contributed by atoms with Gasteiger partial charge in [0.2, 0.25) is 0 Å². The standard InChI is InChI=1S/C14H20O2/c1-9-6-10(2)11(3)14(7-9)16-8-13(15)12-4-5-12/h6-7,12-13,15H,4-5,8H2,1-3H3. The number of aliphatic hydroxyl groups is 1. The van der Waals surface area contributed by atoms with Crippen LogP contribution in [-0.4, -0.2) is 17.8 Å². The van der Waals surface area contributed by atoms with Crippen molar-refractivity contribution < 1.29 is 9.84 Å². The molecular weight excluding hydrogens is 200 g/mol. The molecular formula is C14H20O2. The van der Waals surface area contributed by atoms with E-state index in [1.54, 1.807) is 0 Å². The fourth-order valence-electron chi connectivity index (χ4n) is 1.94. The second-order valence-electron chi connectivity index (χ2n) is 4.92. The molecule has 1 aromatic rings. The maximum atomic E-state index is 9.75. The van der Waals surface area contributed by atoms with Crippen LogP contribution in [0.25, 0.3) is 0 Å². The van der Waals surface area contributed by atoms with Crippen LogP contribution in [0.4, 0.5) is 0 Å². The lowest BCUT2D eigenvalue weighted by Gasteiger charge is -2.15. The molecule has 1 unspecified atom stereocenters. The van der Waals surface area contributed by atoms with Crippen LogP contribution in [0.2, 0.25) is 0 Å². The Hall–Kier alpha value is -1.02. The molecule has 16 heavy (non-hydrogen) atoms. The van der Waals surface area contributed by atoms with Gasteiger partial charge in [0.1, 0.15) is 12.4 Å². The SMILES string of the molecule is Cc1cc(C)c(C)c(OCC(O)C2CC2)c1. The summed E-state index contributed by atoms with van der Waals surface area (Å²) in [6.45, 7) is 6.64. The lowest BCUT2D eigenvalue weighted by molar-refractivity contribution is 0.0890. The normalized spacial score (nSPS) is 17.2. The van der Waals surface area contributed by atoms with Crippen LogP contribution in [0.1, 0.15) is 29.5 Å². The summed E-state index contributed by atoms with van der Waals surface area (Å²) in [5.74, 6) is 1.39. The molecule has 2 rings (SSSR count). The van der Waals surface area contributed by atoms with Gasteiger partial charge in [0.05, 0.1) is 6.10 Å². The van der Waals surface area contributed by atoms with E-state index >= 15 is 0 Å². The Balaban J connectivity index is 2.02. The lowest BCUT2D eigenvalue weighted by Crippen LogP contribution is -2.19. The Morgan fingerprint density at radius 1 is 1.31 bits per heavy atom. The summed E-state index contributed by atoms with van der Waals surface area (Å²) < 4.78 is 5.71. The highest BCUT2D eigenvalue weighted by atomic mass is 16.5. The van der Waals surface area contributed by atoms with Crippen LogP contribution in [0.5, 0.6) is 5.75 Å². The number of ether oxygens (including phenoxy) is 1. The van der Waals surface area contributed by atoms with E-state index in [1.807, 2.05) is 6.07 Å². The fraction of sp³-hybridized carbons (Fsp3) is 0.571. The van der Waals surface area contributed by atoms with Crippen molar-refractivity contribution in [2.75, 3.05) is 6.61 Å². The van der Waals surface area contributed by atoms with E-state index < -0.39 is 0 Å². The highest BCUT2D eigenvalue weighted by Crippen LogP contribution is 2.33. The van der Waals surface area contributed by atoms with Crippen LogP contribution < -0.4 is 4.74 Å². The maximum absolute atomic E-state index is 9.75. The van der Waals surface area contributed by atoms with Gasteiger partial charge in [-0.05, 0) is 62.3 Å². The van der Waals surface area contributed by atoms with E-state index in [0.717, 1.165) is 18.6 Å². The number of aliphatic hydroxyl groups excluding tert-OH is 1. The van der Waals surface area contributed by atoms with E-state index in [1.165, 1.54) is 16.7 Å². The van der Waals surface area contributed by atoms with Gasteiger partial charge in [-0.1, -0.05) is 6.07 Å². The molecule has 0 saturated heterocycles. The zero-order chi connectivity index (χ0) is 11.7. The topological polar surface area (TPSA) is 29.5 Å². The number of hydrogen-bond acceptors (Lipinski definition) is 2. The van der Waals surface area contributed by atoms with E-state index in [-0.39, 0.29) is 6.10 Å². The molecule has 0 radical (unpaired) electrons. The molecule has 0 amide bonds. The molecule has 1 aliphatic carbocycles. The third-order valence-corrected chi connectivity index (χ3v) is 3.34. The Labute approximate surface area is 97.3 Å². The largest absolute Gasteiger partial charge is 0.491 e. The molecule has 0 aromatic heterocycles. The fourth-order valence-corrected chi connectivity index (χ4v) is 1.94. The maximum Gasteiger partial charge on any atom is 0.122 e. The minimum absolute atomic E-state index is 0.291. The first-order valence-corrected chi connectivity index (χ1v) is 5.96. The van der Waals surface area contributed by atoms with Gasteiger partial charge in [0.15, 0.2) is 0 Å². The molecule has 1 N–H and O–H groups in total. The van der Waals surface area contributed by atoms with Gasteiger partial charge in [-0.3, -0.25) is 0 Å². The van der Waals surface area contributed by atoms with Crippen molar-refractivity contribution in [2.24, 2.45) is 5.92 Å². The predicted octanol–water partition coefficient (Wildman–Crippen LogP) is 2.76. The van der Waals surface area contributed by atoms with E-state index in [2.05, 4.69) is 26.8 Å². The first-order chi connectivity index (χ1) is 7.58. The molecule has 0 aliphatic heterocycles. The molecule has 0 heterocycles. The van der Waals surface area contributed by atoms with Crippen molar-refractivity contribution in [3.8, 4) is 5.75 Å². The second-order valence-corrected chi connectivity index (χ2v) is 4.92. The third-order valence-electron chi connectivity index (χ3n) is 3.34. The third kappa shape index (κ3) is 2.56. The first-order valence-electron chi connectivity index (χ1n) is 5.96. The molecule has 1 atom stereocenters. The molecule has 88 valence electrons. The van der Waals surface area contributed by atoms with Crippen LogP contribution in [0.3, 0.4) is 0 Å². The van der Waals surface area contributed by atoms with Gasteiger partial charge in [0.25, 0.3) is 0 Å². The molecule has 0 spiro atoms. The number of rotatable bonds is 4. The average Bonchev–Trinajstić information content (AvgIpc) is 3.04. The van der Waals surface area contributed by atoms with Gasteiger partial charge in [-0.15, -0.1) is 0 Å². The molecule has 1 aromatic carbocycles. The summed E-state index contributed by atoms with van der Waals surface area (Å²) in [4.78, 5) is 0. The summed E-state index contributed by atoms with van der Waals surface area (Å²) in [5.41, 5.74) is 3.63. The highest BCUT2D eigenvalue weighted by molar-refractivity contribution is 5.41. The summed E-state index contributed by atoms with van der Waals surface area (Å²) in [6.07, 6.45) is 2.01. The van der Waals surface area contributed by atoms with E-state index in [4.69, 9.17) is 4.74 Å². The lowest BCUT2D eigenvalue weighted by atomic mass is 10.1. The number of benzene rings is 1. The van der Waals surface area contributed by atoms with Gasteiger partial charge < -0.3 is 9.84 Å². The molecule has 1 aliphatic rings. The van der Waals surface area contributed by atoms with Crippen molar-refractivity contribution in [3.05, 3.63) is 28.8 Å². The van der Waals surface area contributed by atoms with E-state index in [0.29, 0.717) is 12.5 Å². The van der Waals surface area contributed by atoms with Gasteiger partial charge >= 0.3 is 0 Å². The van der Waals surface area contributed by atoms with Gasteiger partial charge in [0, 0.05) is 0 Å². The quantitative estimate of drug-likeness (QED) is 0.845. The molecule has 1 fully saturated rings. The van der Waals surface area contributed by atoms with Gasteiger partial charge in [-0.2, -0.15) is 0 Å². The van der Waals surface area contributed by atoms with Crippen molar-refractivity contribution in [1.29, 1.82) is 0 Å². The monoisotopic (exact) mass is 220 g/mol. The summed E-state index contributed by atoms with van der Waals surface area (Å²) in [7, 11) is 0. The van der Waals surface area contributed by atoms with Crippen LogP contribution >= 0.6 is 0 Å². The summed E-state index contributed by atoms with van der Waals surface area (Å²) in [5, 5.41) is 9.75. The number of hydrogen-bond donors (Lipinski definition) is 1. The van der Waals surface area contributed by atoms with Crippen molar-refractivity contribution >= 4 is 0 Å². The minimum atomic E-state index is -0.291. The molecule has 2 nitrogen and oxygen atoms in total. The Bertz CT molecular complexity index is 381. The van der Waals surface area contributed by atoms with Gasteiger partial charge in [-0.25, -0.2) is 0 Å². The average molecular weight is 220 g/mol. The smallest absolute Gasteiger partial charge is 0.122 e. The Kier molecular flexibility index (Phi) is 3.20. The molecule has 1 saturated carbocycles. The summed E-state index contributed by atoms with van der Waals surface area (Å²) >= 11 is 0. The van der Waals surface area contributed by atoms with Crippen molar-refractivity contribution in [2.45, 2.75) is 39.7 Å². The molecule has 2 heteroatoms. The zero-order valence-electron chi connectivity index (χ0n) is 10.3. The summed E-state index contributed by atoms with van der Waals surface area (Å²) in [6, 6.07) is 4.20. The van der Waals surface area contributed by atoms with Crippen molar-refractivity contribution in [1.82, 2.24) is 0 Å². The Morgan fingerprint density at radius 2 is 2.00 bits per heavy atom. The van der Waals surface area contributed by atoms with Crippen LogP contribution in [0, 0.1) is 26.7 Å². The Morgan fingerprint density at radius 3 is 2.62 bits per heavy atom.